The Morgan fingerprint density at radius 2 is 1.82 bits per heavy atom. The second-order valence-corrected chi connectivity index (χ2v) is 12.7. The summed E-state index contributed by atoms with van der Waals surface area (Å²) in [5.74, 6) is -2.20. The number of likely N-dealkylation sites (tertiary alicyclic amines) is 1. The third-order valence-electron chi connectivity index (χ3n) is 7.92. The molecule has 1 aliphatic heterocycles. The van der Waals surface area contributed by atoms with Crippen LogP contribution in [0.25, 0.3) is 0 Å². The van der Waals surface area contributed by atoms with Gasteiger partial charge in [0.25, 0.3) is 0 Å². The predicted octanol–water partition coefficient (Wildman–Crippen LogP) is 3.08. The lowest BCUT2D eigenvalue weighted by molar-refractivity contribution is -0.126. The number of hydrogen-bond acceptors (Lipinski definition) is 6. The number of amides is 1. The van der Waals surface area contributed by atoms with E-state index in [1.807, 2.05) is 17.1 Å². The van der Waals surface area contributed by atoms with E-state index in [0.29, 0.717) is 42.6 Å². The van der Waals surface area contributed by atoms with Gasteiger partial charge in [-0.2, -0.15) is 0 Å². The summed E-state index contributed by atoms with van der Waals surface area (Å²) in [5, 5.41) is 13.2. The van der Waals surface area contributed by atoms with Gasteiger partial charge >= 0.3 is 0 Å². The summed E-state index contributed by atoms with van der Waals surface area (Å²) < 4.78 is 40.0. The van der Waals surface area contributed by atoms with Gasteiger partial charge in [-0.15, -0.1) is 0 Å². The van der Waals surface area contributed by atoms with Crippen molar-refractivity contribution in [2.75, 3.05) is 39.5 Å². The fraction of sp³-hybridized carbons (Fsp3) is 0.448. The Balaban J connectivity index is 1.74. The second kappa shape index (κ2) is 12.0. The summed E-state index contributed by atoms with van der Waals surface area (Å²) in [6.45, 7) is 2.88. The molecule has 3 atom stereocenters. The topological polar surface area (TPSA) is 107 Å². The zero-order chi connectivity index (χ0) is 28.3. The number of likely N-dealkylation sites (N-methyl/N-ethyl adjacent to an activating group) is 1. The highest BCUT2D eigenvalue weighted by Crippen LogP contribution is 2.38. The van der Waals surface area contributed by atoms with Crippen molar-refractivity contribution < 1.29 is 27.5 Å². The number of phenolic OH excluding ortho intramolecular Hbond substituents is 1. The van der Waals surface area contributed by atoms with E-state index < -0.39 is 33.7 Å². The first-order valence-corrected chi connectivity index (χ1v) is 15.0. The molecule has 0 unspecified atom stereocenters. The van der Waals surface area contributed by atoms with E-state index in [9.17, 15) is 27.5 Å². The Labute approximate surface area is 229 Å². The van der Waals surface area contributed by atoms with E-state index in [1.54, 1.807) is 31.2 Å². The molecule has 0 radical (unpaired) electrons. The largest absolute Gasteiger partial charge is 0.508 e. The van der Waals surface area contributed by atoms with Crippen LogP contribution in [0.4, 0.5) is 4.39 Å². The lowest BCUT2D eigenvalue weighted by Gasteiger charge is -2.45. The standard InChI is InChI=1S/C29H36FN3O5S/c1-19-23(12-7-13-25(19)30)27-24(28(35)21-10-6-11-22(34)16-21)17-33(15-14-32(2)39(3,37)38)18-26(27)31-29(36)20-8-4-5-9-20/h4-7,10-13,16,20,24,26-27,34H,8-9,14-15,17-18H2,1-3H3,(H,31,36)/t24-,26+,27+/m0/s1. The number of rotatable bonds is 9. The van der Waals surface area contributed by atoms with Crippen molar-refractivity contribution in [2.45, 2.75) is 31.7 Å². The van der Waals surface area contributed by atoms with Gasteiger partial charge in [0.1, 0.15) is 11.6 Å². The van der Waals surface area contributed by atoms with Gasteiger partial charge in [0.05, 0.1) is 6.26 Å². The number of hydrogen-bond donors (Lipinski definition) is 2. The highest BCUT2D eigenvalue weighted by atomic mass is 32.2. The maximum Gasteiger partial charge on any atom is 0.224 e. The summed E-state index contributed by atoms with van der Waals surface area (Å²) in [5.41, 5.74) is 1.39. The zero-order valence-electron chi connectivity index (χ0n) is 22.5. The Bertz CT molecular complexity index is 1350. The van der Waals surface area contributed by atoms with Crippen LogP contribution in [-0.2, 0) is 14.8 Å². The fourth-order valence-electron chi connectivity index (χ4n) is 5.57. The van der Waals surface area contributed by atoms with E-state index in [4.69, 9.17) is 0 Å². The Morgan fingerprint density at radius 1 is 1.13 bits per heavy atom. The number of Topliss-reactive ketones (excluding diaryl/α,β-unsaturated/α-hetero) is 1. The van der Waals surface area contributed by atoms with Crippen LogP contribution in [0, 0.1) is 24.6 Å². The molecule has 0 spiro atoms. The van der Waals surface area contributed by atoms with Gasteiger partial charge in [0.2, 0.25) is 15.9 Å². The minimum atomic E-state index is -3.40. The highest BCUT2D eigenvalue weighted by molar-refractivity contribution is 7.88. The number of carbonyl (C=O) groups excluding carboxylic acids is 2. The molecular weight excluding hydrogens is 521 g/mol. The molecule has 0 aromatic heterocycles. The molecule has 8 nitrogen and oxygen atoms in total. The first kappa shape index (κ1) is 28.9. The van der Waals surface area contributed by atoms with Gasteiger partial charge in [-0.05, 0) is 49.1 Å². The number of carbonyl (C=O) groups is 2. The molecule has 1 aliphatic carbocycles. The minimum Gasteiger partial charge on any atom is -0.508 e. The van der Waals surface area contributed by atoms with Gasteiger partial charge in [-0.3, -0.25) is 14.5 Å². The number of piperidine rings is 1. The Kier molecular flexibility index (Phi) is 8.88. The summed E-state index contributed by atoms with van der Waals surface area (Å²) in [6.07, 6.45) is 6.36. The zero-order valence-corrected chi connectivity index (χ0v) is 23.3. The number of phenols is 1. The molecule has 4 rings (SSSR count). The van der Waals surface area contributed by atoms with Crippen molar-refractivity contribution in [3.05, 3.63) is 77.1 Å². The number of nitrogens with zero attached hydrogens (tertiary/aromatic N) is 2. The molecule has 1 heterocycles. The van der Waals surface area contributed by atoms with Crippen molar-refractivity contribution >= 4 is 21.7 Å². The fourth-order valence-corrected chi connectivity index (χ4v) is 5.99. The van der Waals surface area contributed by atoms with Crippen LogP contribution in [0.3, 0.4) is 0 Å². The predicted molar refractivity (Wildman–Crippen MR) is 148 cm³/mol. The third kappa shape index (κ3) is 6.74. The average Bonchev–Trinajstić information content (AvgIpc) is 3.43. The number of aromatic hydroxyl groups is 1. The lowest BCUT2D eigenvalue weighted by Crippen LogP contribution is -2.58. The van der Waals surface area contributed by atoms with E-state index >= 15 is 0 Å². The SMILES string of the molecule is Cc1c(F)cccc1[C@@H]1[C@@H](C(=O)c2cccc(O)c2)CN(CCN(C)S(C)(=O)=O)C[C@H]1NC(=O)C1CC=CC1. The Morgan fingerprint density at radius 3 is 2.49 bits per heavy atom. The number of halogens is 1. The van der Waals surface area contributed by atoms with E-state index in [-0.39, 0.29) is 36.4 Å². The first-order chi connectivity index (χ1) is 18.5. The van der Waals surface area contributed by atoms with Crippen LogP contribution in [-0.4, -0.2) is 79.9 Å². The molecule has 2 aromatic rings. The van der Waals surface area contributed by atoms with Crippen molar-refractivity contribution in [1.82, 2.24) is 14.5 Å². The van der Waals surface area contributed by atoms with Crippen molar-refractivity contribution in [2.24, 2.45) is 11.8 Å². The molecule has 39 heavy (non-hydrogen) atoms. The van der Waals surface area contributed by atoms with E-state index in [1.165, 1.54) is 29.6 Å². The number of allylic oxidation sites excluding steroid dienone is 2. The van der Waals surface area contributed by atoms with Crippen LogP contribution in [0.2, 0.25) is 0 Å². The molecule has 2 aliphatic rings. The van der Waals surface area contributed by atoms with E-state index in [0.717, 1.165) is 6.26 Å². The number of sulfonamides is 1. The van der Waals surface area contributed by atoms with Gasteiger partial charge in [-0.1, -0.05) is 36.4 Å². The molecule has 210 valence electrons. The quantitative estimate of drug-likeness (QED) is 0.363. The van der Waals surface area contributed by atoms with Gasteiger partial charge < -0.3 is 10.4 Å². The number of nitrogens with one attached hydrogen (secondary N) is 1. The number of benzene rings is 2. The van der Waals surface area contributed by atoms with Gasteiger partial charge in [0.15, 0.2) is 5.78 Å². The molecule has 10 heteroatoms. The summed E-state index contributed by atoms with van der Waals surface area (Å²) in [7, 11) is -1.90. The third-order valence-corrected chi connectivity index (χ3v) is 9.23. The maximum absolute atomic E-state index is 14.8. The summed E-state index contributed by atoms with van der Waals surface area (Å²) in [6, 6.07) is 10.4. The van der Waals surface area contributed by atoms with Gasteiger partial charge in [-0.25, -0.2) is 17.1 Å². The molecule has 2 aromatic carbocycles. The minimum absolute atomic E-state index is 0.0413. The van der Waals surface area contributed by atoms with Crippen LogP contribution in [0.15, 0.2) is 54.6 Å². The van der Waals surface area contributed by atoms with Gasteiger partial charge in [0, 0.05) is 62.6 Å². The van der Waals surface area contributed by atoms with Crippen LogP contribution < -0.4 is 5.32 Å². The molecule has 0 saturated carbocycles. The van der Waals surface area contributed by atoms with Crippen LogP contribution >= 0.6 is 0 Å². The molecule has 1 amide bonds. The summed E-state index contributed by atoms with van der Waals surface area (Å²) in [4.78, 5) is 29.3. The lowest BCUT2D eigenvalue weighted by atomic mass is 9.72. The average molecular weight is 558 g/mol. The first-order valence-electron chi connectivity index (χ1n) is 13.1. The van der Waals surface area contributed by atoms with Crippen molar-refractivity contribution in [3.63, 3.8) is 0 Å². The molecule has 0 bridgehead atoms. The number of ketones is 1. The molecule has 2 N–H and O–H groups in total. The monoisotopic (exact) mass is 557 g/mol. The van der Waals surface area contributed by atoms with Crippen molar-refractivity contribution in [1.29, 1.82) is 0 Å². The van der Waals surface area contributed by atoms with Crippen molar-refractivity contribution in [3.8, 4) is 5.75 Å². The molecular formula is C29H36FN3O5S. The maximum atomic E-state index is 14.8. The second-order valence-electron chi connectivity index (χ2n) is 10.6. The summed E-state index contributed by atoms with van der Waals surface area (Å²) >= 11 is 0. The molecule has 1 fully saturated rings. The smallest absolute Gasteiger partial charge is 0.224 e. The normalized spacial score (nSPS) is 22.3. The van der Waals surface area contributed by atoms with Crippen LogP contribution in [0.5, 0.6) is 5.75 Å². The van der Waals surface area contributed by atoms with Crippen LogP contribution in [0.1, 0.15) is 40.2 Å². The Hall–Kier alpha value is -3.08. The molecule has 1 saturated heterocycles. The highest BCUT2D eigenvalue weighted by Gasteiger charge is 2.43. The van der Waals surface area contributed by atoms with E-state index in [2.05, 4.69) is 5.32 Å².